The Morgan fingerprint density at radius 3 is 2.87 bits per heavy atom. The van der Waals surface area contributed by atoms with Crippen molar-refractivity contribution < 1.29 is 9.90 Å². The molecule has 0 saturated carbocycles. The summed E-state index contributed by atoms with van der Waals surface area (Å²) in [6.07, 6.45) is 1.98. The van der Waals surface area contributed by atoms with Crippen molar-refractivity contribution in [3.8, 4) is 6.07 Å². The highest BCUT2D eigenvalue weighted by atomic mass is 16.3. The van der Waals surface area contributed by atoms with Gasteiger partial charge in [-0.3, -0.25) is 9.48 Å². The van der Waals surface area contributed by atoms with Crippen LogP contribution < -0.4 is 0 Å². The molecule has 0 radical (unpaired) electrons. The molecular weight excluding hydrogens is 292 g/mol. The van der Waals surface area contributed by atoms with Crippen molar-refractivity contribution in [1.29, 1.82) is 5.26 Å². The maximum Gasteiger partial charge on any atom is 0.222 e. The average Bonchev–Trinajstić information content (AvgIpc) is 2.79. The highest BCUT2D eigenvalue weighted by Gasteiger charge is 2.27. The largest absolute Gasteiger partial charge is 0.391 e. The zero-order chi connectivity index (χ0) is 17.0. The van der Waals surface area contributed by atoms with Crippen LogP contribution in [-0.2, 0) is 17.8 Å². The Morgan fingerprint density at radius 2 is 2.22 bits per heavy atom. The lowest BCUT2D eigenvalue weighted by molar-refractivity contribution is -0.135. The van der Waals surface area contributed by atoms with Crippen molar-refractivity contribution >= 4 is 5.91 Å². The second-order valence-electron chi connectivity index (χ2n) is 6.45. The number of aliphatic hydroxyl groups excluding tert-OH is 1. The number of carbonyl (C=O) groups is 1. The van der Waals surface area contributed by atoms with Crippen LogP contribution in [0, 0.1) is 31.1 Å². The van der Waals surface area contributed by atoms with Crippen LogP contribution in [0.3, 0.4) is 0 Å². The molecule has 23 heavy (non-hydrogen) atoms. The SMILES string of the molecule is Cc1nn(CCC#N)c(C)c1CCC(=O)N1CCC(C)C(O)C1. The van der Waals surface area contributed by atoms with Gasteiger partial charge in [-0.15, -0.1) is 0 Å². The smallest absolute Gasteiger partial charge is 0.222 e. The number of rotatable bonds is 5. The lowest BCUT2D eigenvalue weighted by Crippen LogP contribution is -2.45. The third kappa shape index (κ3) is 4.11. The summed E-state index contributed by atoms with van der Waals surface area (Å²) < 4.78 is 1.85. The fourth-order valence-electron chi connectivity index (χ4n) is 3.13. The Balaban J connectivity index is 1.94. The number of amides is 1. The average molecular weight is 318 g/mol. The van der Waals surface area contributed by atoms with Crippen LogP contribution >= 0.6 is 0 Å². The van der Waals surface area contributed by atoms with Gasteiger partial charge in [-0.05, 0) is 38.2 Å². The van der Waals surface area contributed by atoms with E-state index in [1.165, 1.54) is 0 Å². The predicted octanol–water partition coefficient (Wildman–Crippen LogP) is 1.58. The predicted molar refractivity (Wildman–Crippen MR) is 86.6 cm³/mol. The first kappa shape index (κ1) is 17.5. The molecule has 1 amide bonds. The van der Waals surface area contributed by atoms with Crippen molar-refractivity contribution in [1.82, 2.24) is 14.7 Å². The first-order valence-corrected chi connectivity index (χ1v) is 8.29. The molecule has 1 saturated heterocycles. The third-order valence-corrected chi connectivity index (χ3v) is 4.83. The molecule has 126 valence electrons. The van der Waals surface area contributed by atoms with Gasteiger partial charge < -0.3 is 10.0 Å². The standard InChI is InChI=1S/C17H26N4O2/c1-12-7-10-20(11-16(12)22)17(23)6-5-15-13(2)19-21(14(15)3)9-4-8-18/h12,16,22H,4-7,9-11H2,1-3H3. The van der Waals surface area contributed by atoms with Crippen molar-refractivity contribution in [3.05, 3.63) is 17.0 Å². The van der Waals surface area contributed by atoms with Crippen LogP contribution in [0.2, 0.25) is 0 Å². The maximum absolute atomic E-state index is 12.4. The number of piperidine rings is 1. The molecule has 2 heterocycles. The van der Waals surface area contributed by atoms with Gasteiger partial charge in [-0.1, -0.05) is 6.92 Å². The Labute approximate surface area is 137 Å². The summed E-state index contributed by atoms with van der Waals surface area (Å²) in [7, 11) is 0. The Kier molecular flexibility index (Phi) is 5.78. The molecule has 2 rings (SSSR count). The number of aliphatic hydroxyl groups is 1. The number of hydrogen-bond donors (Lipinski definition) is 1. The van der Waals surface area contributed by atoms with Crippen molar-refractivity contribution in [2.75, 3.05) is 13.1 Å². The molecule has 0 aromatic carbocycles. The lowest BCUT2D eigenvalue weighted by Gasteiger charge is -2.34. The van der Waals surface area contributed by atoms with Gasteiger partial charge in [-0.2, -0.15) is 10.4 Å². The van der Waals surface area contributed by atoms with Crippen molar-refractivity contribution in [2.24, 2.45) is 5.92 Å². The topological polar surface area (TPSA) is 82.2 Å². The molecule has 1 N–H and O–H groups in total. The van der Waals surface area contributed by atoms with Gasteiger partial charge in [0.2, 0.25) is 5.91 Å². The highest BCUT2D eigenvalue weighted by molar-refractivity contribution is 5.76. The molecular formula is C17H26N4O2. The number of nitrogens with zero attached hydrogens (tertiary/aromatic N) is 4. The van der Waals surface area contributed by atoms with Crippen molar-refractivity contribution in [3.63, 3.8) is 0 Å². The van der Waals surface area contributed by atoms with Gasteiger partial charge in [0.15, 0.2) is 0 Å². The molecule has 1 aliphatic heterocycles. The van der Waals surface area contributed by atoms with Gasteiger partial charge in [0.05, 0.1) is 30.8 Å². The van der Waals surface area contributed by atoms with Gasteiger partial charge in [0, 0.05) is 25.2 Å². The van der Waals surface area contributed by atoms with Gasteiger partial charge in [0.25, 0.3) is 0 Å². The number of carbonyl (C=O) groups excluding carboxylic acids is 1. The molecule has 0 bridgehead atoms. The van der Waals surface area contributed by atoms with E-state index in [9.17, 15) is 9.90 Å². The summed E-state index contributed by atoms with van der Waals surface area (Å²) in [4.78, 5) is 14.1. The second-order valence-corrected chi connectivity index (χ2v) is 6.45. The number of aromatic nitrogens is 2. The molecule has 2 unspecified atom stereocenters. The zero-order valence-corrected chi connectivity index (χ0v) is 14.2. The van der Waals surface area contributed by atoms with Gasteiger partial charge in [-0.25, -0.2) is 0 Å². The van der Waals surface area contributed by atoms with E-state index in [4.69, 9.17) is 5.26 Å². The minimum absolute atomic E-state index is 0.0968. The third-order valence-electron chi connectivity index (χ3n) is 4.83. The molecule has 0 spiro atoms. The van der Waals surface area contributed by atoms with Crippen molar-refractivity contribution in [2.45, 2.75) is 59.1 Å². The first-order chi connectivity index (χ1) is 10.9. The number of aryl methyl sites for hydroxylation is 2. The van der Waals surface area contributed by atoms with Crippen LogP contribution in [0.1, 0.15) is 43.1 Å². The van der Waals surface area contributed by atoms with E-state index in [1.54, 1.807) is 4.90 Å². The summed E-state index contributed by atoms with van der Waals surface area (Å²) in [6.45, 7) is 7.73. The minimum atomic E-state index is -0.412. The zero-order valence-electron chi connectivity index (χ0n) is 14.2. The Bertz CT molecular complexity index is 602. The van der Waals surface area contributed by atoms with Crippen LogP contribution in [0.5, 0.6) is 0 Å². The summed E-state index contributed by atoms with van der Waals surface area (Å²) in [5.41, 5.74) is 3.07. The molecule has 1 aromatic rings. The summed E-state index contributed by atoms with van der Waals surface area (Å²) in [6, 6.07) is 2.13. The molecule has 1 aliphatic rings. The van der Waals surface area contributed by atoms with E-state index in [-0.39, 0.29) is 11.8 Å². The quantitative estimate of drug-likeness (QED) is 0.893. The monoisotopic (exact) mass is 318 g/mol. The van der Waals surface area contributed by atoms with E-state index in [0.717, 1.165) is 29.9 Å². The first-order valence-electron chi connectivity index (χ1n) is 8.29. The summed E-state index contributed by atoms with van der Waals surface area (Å²) in [5.74, 6) is 0.362. The fourth-order valence-corrected chi connectivity index (χ4v) is 3.13. The molecule has 1 aromatic heterocycles. The van der Waals surface area contributed by atoms with Crippen LogP contribution in [0.15, 0.2) is 0 Å². The fraction of sp³-hybridized carbons (Fsp3) is 0.706. The van der Waals surface area contributed by atoms with E-state index >= 15 is 0 Å². The van der Waals surface area contributed by atoms with Crippen LogP contribution in [-0.4, -0.2) is 44.9 Å². The number of nitriles is 1. The Hall–Kier alpha value is -1.87. The molecule has 0 aliphatic carbocycles. The molecule has 6 nitrogen and oxygen atoms in total. The number of likely N-dealkylation sites (tertiary alicyclic amines) is 1. The summed E-state index contributed by atoms with van der Waals surface area (Å²) >= 11 is 0. The van der Waals surface area contributed by atoms with E-state index in [2.05, 4.69) is 11.2 Å². The van der Waals surface area contributed by atoms with Gasteiger partial charge >= 0.3 is 0 Å². The van der Waals surface area contributed by atoms with Crippen LogP contribution in [0.4, 0.5) is 0 Å². The normalized spacial score (nSPS) is 21.3. The second kappa shape index (κ2) is 7.60. The van der Waals surface area contributed by atoms with Crippen LogP contribution in [0.25, 0.3) is 0 Å². The highest BCUT2D eigenvalue weighted by Crippen LogP contribution is 2.20. The van der Waals surface area contributed by atoms with Gasteiger partial charge in [0.1, 0.15) is 0 Å². The molecule has 2 atom stereocenters. The molecule has 6 heteroatoms. The maximum atomic E-state index is 12.4. The molecule has 1 fully saturated rings. The Morgan fingerprint density at radius 1 is 1.48 bits per heavy atom. The van der Waals surface area contributed by atoms with E-state index in [1.807, 2.05) is 25.5 Å². The van der Waals surface area contributed by atoms with E-state index < -0.39 is 6.10 Å². The lowest BCUT2D eigenvalue weighted by atomic mass is 9.95. The summed E-state index contributed by atoms with van der Waals surface area (Å²) in [5, 5.41) is 23.1. The van der Waals surface area contributed by atoms with E-state index in [0.29, 0.717) is 32.4 Å². The number of β-amino-alcohol motifs (C(OH)–C–C–N with tert-alkyl or cyclic N) is 1. The number of hydrogen-bond acceptors (Lipinski definition) is 4. The minimum Gasteiger partial charge on any atom is -0.391 e.